The first-order valence-electron chi connectivity index (χ1n) is 4.61. The zero-order valence-corrected chi connectivity index (χ0v) is 11.3. The molecule has 16 heavy (non-hydrogen) atoms. The van der Waals surface area contributed by atoms with Crippen LogP contribution in [0.4, 0.5) is 0 Å². The van der Waals surface area contributed by atoms with E-state index in [0.29, 0.717) is 17.2 Å². The highest BCUT2D eigenvalue weighted by Crippen LogP contribution is 2.34. The highest BCUT2D eigenvalue weighted by molar-refractivity contribution is 7.89. The third-order valence-corrected chi connectivity index (χ3v) is 5.68. The zero-order valence-electron chi connectivity index (χ0n) is 8.11. The van der Waals surface area contributed by atoms with E-state index in [1.54, 1.807) is 0 Å². The van der Waals surface area contributed by atoms with E-state index in [0.717, 1.165) is 11.3 Å². The van der Waals surface area contributed by atoms with Gasteiger partial charge in [0.1, 0.15) is 9.23 Å². The Kier molecular flexibility index (Phi) is 3.49. The van der Waals surface area contributed by atoms with Crippen molar-refractivity contribution in [1.82, 2.24) is 4.72 Å². The summed E-state index contributed by atoms with van der Waals surface area (Å²) in [7, 11) is -3.57. The summed E-state index contributed by atoms with van der Waals surface area (Å²) in [5.41, 5.74) is 5.58. The predicted octanol–water partition coefficient (Wildman–Crippen LogP) is 1.82. The highest BCUT2D eigenvalue weighted by atomic mass is 35.5. The number of nitrogens with one attached hydrogen (secondary N) is 1. The molecule has 0 spiro atoms. The maximum Gasteiger partial charge on any atom is 0.243 e. The fraction of sp³-hybridized carbons (Fsp3) is 0.500. The van der Waals surface area contributed by atoms with Crippen LogP contribution in [0.15, 0.2) is 11.0 Å². The van der Waals surface area contributed by atoms with Gasteiger partial charge in [-0.1, -0.05) is 23.2 Å². The predicted molar refractivity (Wildman–Crippen MR) is 65.7 cm³/mol. The second kappa shape index (κ2) is 4.44. The molecule has 1 aliphatic carbocycles. The van der Waals surface area contributed by atoms with Crippen LogP contribution < -0.4 is 10.5 Å². The monoisotopic (exact) mass is 300 g/mol. The van der Waals surface area contributed by atoms with Gasteiger partial charge in [-0.05, 0) is 18.9 Å². The lowest BCUT2D eigenvalue weighted by atomic mass is 9.89. The zero-order chi connectivity index (χ0) is 11.9. The third-order valence-electron chi connectivity index (χ3n) is 2.41. The number of hydrogen-bond donors (Lipinski definition) is 2. The van der Waals surface area contributed by atoms with E-state index in [4.69, 9.17) is 28.9 Å². The van der Waals surface area contributed by atoms with Gasteiger partial charge in [0.25, 0.3) is 0 Å². The van der Waals surface area contributed by atoms with Gasteiger partial charge in [0.2, 0.25) is 10.0 Å². The average molecular weight is 301 g/mol. The summed E-state index contributed by atoms with van der Waals surface area (Å²) in [6.07, 6.45) is 1.32. The molecule has 1 aromatic heterocycles. The van der Waals surface area contributed by atoms with E-state index in [1.165, 1.54) is 6.07 Å². The molecule has 0 unspecified atom stereocenters. The van der Waals surface area contributed by atoms with Crippen molar-refractivity contribution in [2.45, 2.75) is 29.8 Å². The molecule has 3 N–H and O–H groups in total. The lowest BCUT2D eigenvalue weighted by Gasteiger charge is -2.32. The molecule has 0 atom stereocenters. The molecule has 8 heteroatoms. The van der Waals surface area contributed by atoms with E-state index < -0.39 is 10.0 Å². The summed E-state index contributed by atoms with van der Waals surface area (Å²) >= 11 is 12.5. The minimum atomic E-state index is -3.57. The minimum Gasteiger partial charge on any atom is -0.328 e. The maximum atomic E-state index is 11.9. The molecule has 0 aromatic carbocycles. The van der Waals surface area contributed by atoms with Gasteiger partial charge >= 0.3 is 0 Å². The SMILES string of the molecule is NC1CC(NS(=O)(=O)c2cc(Cl)sc2Cl)C1. The quantitative estimate of drug-likeness (QED) is 0.894. The third kappa shape index (κ3) is 2.52. The van der Waals surface area contributed by atoms with Crippen molar-refractivity contribution in [2.24, 2.45) is 5.73 Å². The first kappa shape index (κ1) is 12.6. The average Bonchev–Trinajstić information content (AvgIpc) is 2.43. The molecule has 90 valence electrons. The van der Waals surface area contributed by atoms with E-state index in [1.807, 2.05) is 0 Å². The Labute approximate surface area is 108 Å². The molecule has 0 aliphatic heterocycles. The van der Waals surface area contributed by atoms with Crippen LogP contribution in [0.2, 0.25) is 8.67 Å². The van der Waals surface area contributed by atoms with Crippen molar-refractivity contribution in [3.05, 3.63) is 14.7 Å². The van der Waals surface area contributed by atoms with Crippen LogP contribution in [0.5, 0.6) is 0 Å². The first-order valence-corrected chi connectivity index (χ1v) is 7.67. The van der Waals surface area contributed by atoms with E-state index >= 15 is 0 Å². The number of hydrogen-bond acceptors (Lipinski definition) is 4. The Bertz CT molecular complexity index is 494. The Hall–Kier alpha value is 0.150. The fourth-order valence-corrected chi connectivity index (χ4v) is 4.96. The largest absolute Gasteiger partial charge is 0.328 e. The molecule has 2 rings (SSSR count). The van der Waals surface area contributed by atoms with Crippen molar-refractivity contribution in [2.75, 3.05) is 0 Å². The van der Waals surface area contributed by atoms with Crippen molar-refractivity contribution < 1.29 is 8.42 Å². The van der Waals surface area contributed by atoms with Crippen LogP contribution in [0.25, 0.3) is 0 Å². The molecule has 1 aliphatic rings. The summed E-state index contributed by atoms with van der Waals surface area (Å²) in [4.78, 5) is 0.0460. The number of nitrogens with two attached hydrogens (primary N) is 1. The molecule has 1 aromatic rings. The lowest BCUT2D eigenvalue weighted by molar-refractivity contribution is 0.327. The highest BCUT2D eigenvalue weighted by Gasteiger charge is 2.31. The molecule has 0 saturated heterocycles. The first-order chi connectivity index (χ1) is 7.38. The van der Waals surface area contributed by atoms with Gasteiger partial charge in [0.05, 0.1) is 4.34 Å². The maximum absolute atomic E-state index is 11.9. The molecule has 0 amide bonds. The standard InChI is InChI=1S/C8H10Cl2N2O2S2/c9-7-3-6(8(10)15-7)16(13,14)12-5-1-4(11)2-5/h3-5,12H,1-2,11H2. The van der Waals surface area contributed by atoms with E-state index in [-0.39, 0.29) is 21.3 Å². The number of thiophene rings is 1. The topological polar surface area (TPSA) is 72.2 Å². The molecular weight excluding hydrogens is 291 g/mol. The van der Waals surface area contributed by atoms with Crippen LogP contribution in [0, 0.1) is 0 Å². The molecular formula is C8H10Cl2N2O2S2. The van der Waals surface area contributed by atoms with Crippen molar-refractivity contribution >= 4 is 44.6 Å². The fourth-order valence-electron chi connectivity index (χ4n) is 1.55. The molecule has 0 bridgehead atoms. The summed E-state index contributed by atoms with van der Waals surface area (Å²) in [5, 5.41) is 0. The molecule has 1 heterocycles. The van der Waals surface area contributed by atoms with Crippen LogP contribution >= 0.6 is 34.5 Å². The number of halogens is 2. The Morgan fingerprint density at radius 1 is 1.44 bits per heavy atom. The van der Waals surface area contributed by atoms with Gasteiger partial charge in [-0.25, -0.2) is 13.1 Å². The molecule has 0 radical (unpaired) electrons. The number of rotatable bonds is 3. The molecule has 1 saturated carbocycles. The summed E-state index contributed by atoms with van der Waals surface area (Å²) in [6, 6.07) is 1.36. The smallest absolute Gasteiger partial charge is 0.243 e. The van der Waals surface area contributed by atoms with E-state index in [2.05, 4.69) is 4.72 Å². The Balaban J connectivity index is 2.16. The van der Waals surface area contributed by atoms with Gasteiger partial charge in [-0.15, -0.1) is 11.3 Å². The Morgan fingerprint density at radius 2 is 2.06 bits per heavy atom. The van der Waals surface area contributed by atoms with Gasteiger partial charge in [0.15, 0.2) is 0 Å². The lowest BCUT2D eigenvalue weighted by Crippen LogP contribution is -2.50. The summed E-state index contributed by atoms with van der Waals surface area (Å²) in [6.45, 7) is 0. The van der Waals surface area contributed by atoms with Crippen LogP contribution in [-0.2, 0) is 10.0 Å². The van der Waals surface area contributed by atoms with Gasteiger partial charge in [0, 0.05) is 12.1 Å². The van der Waals surface area contributed by atoms with Gasteiger partial charge in [-0.3, -0.25) is 0 Å². The molecule has 1 fully saturated rings. The second-order valence-corrected chi connectivity index (χ2v) is 7.71. The van der Waals surface area contributed by atoms with Crippen LogP contribution in [0.3, 0.4) is 0 Å². The van der Waals surface area contributed by atoms with Gasteiger partial charge in [-0.2, -0.15) is 0 Å². The van der Waals surface area contributed by atoms with Gasteiger partial charge < -0.3 is 5.73 Å². The minimum absolute atomic E-state index is 0.0460. The van der Waals surface area contributed by atoms with Crippen molar-refractivity contribution in [1.29, 1.82) is 0 Å². The normalized spacial score (nSPS) is 25.4. The van der Waals surface area contributed by atoms with Crippen LogP contribution in [0.1, 0.15) is 12.8 Å². The van der Waals surface area contributed by atoms with E-state index in [9.17, 15) is 8.42 Å². The number of sulfonamides is 1. The van der Waals surface area contributed by atoms with Crippen molar-refractivity contribution in [3.63, 3.8) is 0 Å². The summed E-state index contributed by atoms with van der Waals surface area (Å²) < 4.78 is 26.9. The summed E-state index contributed by atoms with van der Waals surface area (Å²) in [5.74, 6) is 0. The molecule has 4 nitrogen and oxygen atoms in total. The second-order valence-electron chi connectivity index (χ2n) is 3.74. The Morgan fingerprint density at radius 3 is 2.50 bits per heavy atom. The van der Waals surface area contributed by atoms with Crippen molar-refractivity contribution in [3.8, 4) is 0 Å². The van der Waals surface area contributed by atoms with Crippen LogP contribution in [-0.4, -0.2) is 20.5 Å².